The molecular formula is C14H22N2O7. The molecule has 1 rings (SSSR count). The lowest BCUT2D eigenvalue weighted by Gasteiger charge is -2.38. The number of aliphatic hydroxyl groups is 3. The van der Waals surface area contributed by atoms with E-state index in [9.17, 15) is 24.9 Å². The molecule has 23 heavy (non-hydrogen) atoms. The van der Waals surface area contributed by atoms with Crippen molar-refractivity contribution < 1.29 is 34.8 Å². The molecular weight excluding hydrogens is 308 g/mol. The van der Waals surface area contributed by atoms with Crippen molar-refractivity contribution in [2.24, 2.45) is 4.99 Å². The van der Waals surface area contributed by atoms with Gasteiger partial charge in [0.15, 0.2) is 5.76 Å². The zero-order chi connectivity index (χ0) is 17.8. The number of hydrogen-bond donors (Lipinski definition) is 5. The number of carboxylic acid groups (broad SMARTS) is 1. The zero-order valence-corrected chi connectivity index (χ0v) is 13.2. The van der Waals surface area contributed by atoms with Gasteiger partial charge in [0, 0.05) is 6.42 Å². The van der Waals surface area contributed by atoms with Gasteiger partial charge in [-0.05, 0) is 13.8 Å². The van der Waals surface area contributed by atoms with Gasteiger partial charge in [-0.15, -0.1) is 0 Å². The molecule has 0 saturated heterocycles. The van der Waals surface area contributed by atoms with Crippen LogP contribution in [0.25, 0.3) is 0 Å². The summed E-state index contributed by atoms with van der Waals surface area (Å²) in [7, 11) is 1.29. The summed E-state index contributed by atoms with van der Waals surface area (Å²) in [5.41, 5.74) is -1.91. The third kappa shape index (κ3) is 4.27. The SMILES string of the molecule is COC1=C(NCC(C)=O)C[C@@](O)(CO)[C@@H](O)C1=N[C@@H](C)C(=O)O. The Morgan fingerprint density at radius 2 is 2.13 bits per heavy atom. The Morgan fingerprint density at radius 3 is 2.57 bits per heavy atom. The van der Waals surface area contributed by atoms with Crippen molar-refractivity contribution in [3.63, 3.8) is 0 Å². The molecule has 5 N–H and O–H groups in total. The minimum atomic E-state index is -1.96. The van der Waals surface area contributed by atoms with E-state index in [1.165, 1.54) is 21.0 Å². The first kappa shape index (κ1) is 19.1. The predicted octanol–water partition coefficient (Wildman–Crippen LogP) is -1.57. The lowest BCUT2D eigenvalue weighted by Crippen LogP contribution is -2.55. The van der Waals surface area contributed by atoms with E-state index in [4.69, 9.17) is 9.84 Å². The molecule has 0 amide bonds. The maximum absolute atomic E-state index is 11.1. The molecule has 0 radical (unpaired) electrons. The molecule has 0 aromatic rings. The second-order valence-electron chi connectivity index (χ2n) is 5.44. The highest BCUT2D eigenvalue weighted by molar-refractivity contribution is 6.05. The van der Waals surface area contributed by atoms with Gasteiger partial charge in [0.1, 0.15) is 29.2 Å². The quantitative estimate of drug-likeness (QED) is 0.376. The van der Waals surface area contributed by atoms with Crippen LogP contribution in [0.5, 0.6) is 0 Å². The van der Waals surface area contributed by atoms with Crippen molar-refractivity contribution in [1.29, 1.82) is 0 Å². The molecule has 0 aliphatic heterocycles. The number of rotatable bonds is 7. The van der Waals surface area contributed by atoms with Crippen LogP contribution in [0, 0.1) is 0 Å². The maximum atomic E-state index is 11.1. The topological polar surface area (TPSA) is 149 Å². The summed E-state index contributed by atoms with van der Waals surface area (Å²) in [4.78, 5) is 26.0. The number of hydrogen-bond acceptors (Lipinski definition) is 8. The third-order valence-electron chi connectivity index (χ3n) is 3.48. The Hall–Kier alpha value is -1.97. The number of aliphatic hydroxyl groups excluding tert-OH is 2. The minimum Gasteiger partial charge on any atom is -0.493 e. The summed E-state index contributed by atoms with van der Waals surface area (Å²) in [6, 6.07) is -1.19. The molecule has 0 saturated carbocycles. The van der Waals surface area contributed by atoms with Crippen LogP contribution in [-0.2, 0) is 14.3 Å². The number of Topliss-reactive ketones (excluding diaryl/α,β-unsaturated/α-hetero) is 1. The van der Waals surface area contributed by atoms with Gasteiger partial charge in [-0.3, -0.25) is 9.79 Å². The van der Waals surface area contributed by atoms with E-state index in [-0.39, 0.29) is 35.9 Å². The smallest absolute Gasteiger partial charge is 0.328 e. The summed E-state index contributed by atoms with van der Waals surface area (Å²) in [6.07, 6.45) is -1.84. The largest absolute Gasteiger partial charge is 0.493 e. The second-order valence-corrected chi connectivity index (χ2v) is 5.44. The van der Waals surface area contributed by atoms with Crippen LogP contribution >= 0.6 is 0 Å². The van der Waals surface area contributed by atoms with Crippen LogP contribution in [0.1, 0.15) is 20.3 Å². The number of carboxylic acids is 1. The average Bonchev–Trinajstić information content (AvgIpc) is 2.49. The first-order chi connectivity index (χ1) is 10.7. The number of nitrogens with zero attached hydrogens (tertiary/aromatic N) is 1. The van der Waals surface area contributed by atoms with Gasteiger partial charge >= 0.3 is 5.97 Å². The van der Waals surface area contributed by atoms with E-state index < -0.39 is 30.3 Å². The van der Waals surface area contributed by atoms with Crippen molar-refractivity contribution in [3.8, 4) is 0 Å². The zero-order valence-electron chi connectivity index (χ0n) is 13.2. The molecule has 9 nitrogen and oxygen atoms in total. The fourth-order valence-electron chi connectivity index (χ4n) is 2.15. The number of ether oxygens (including phenoxy) is 1. The maximum Gasteiger partial charge on any atom is 0.328 e. The summed E-state index contributed by atoms with van der Waals surface area (Å²) in [5, 5.41) is 41.8. The lowest BCUT2D eigenvalue weighted by molar-refractivity contribution is -0.138. The number of aliphatic imine (C=N–C) groups is 1. The molecule has 0 unspecified atom stereocenters. The van der Waals surface area contributed by atoms with Gasteiger partial charge in [-0.2, -0.15) is 0 Å². The van der Waals surface area contributed by atoms with E-state index in [2.05, 4.69) is 10.3 Å². The van der Waals surface area contributed by atoms with Crippen LogP contribution in [0.3, 0.4) is 0 Å². The van der Waals surface area contributed by atoms with Gasteiger partial charge in [0.2, 0.25) is 0 Å². The third-order valence-corrected chi connectivity index (χ3v) is 3.48. The molecule has 0 aromatic carbocycles. The first-order valence-corrected chi connectivity index (χ1v) is 6.99. The van der Waals surface area contributed by atoms with Crippen molar-refractivity contribution in [3.05, 3.63) is 11.5 Å². The van der Waals surface area contributed by atoms with Crippen molar-refractivity contribution in [1.82, 2.24) is 5.32 Å². The first-order valence-electron chi connectivity index (χ1n) is 6.99. The highest BCUT2D eigenvalue weighted by Crippen LogP contribution is 2.31. The van der Waals surface area contributed by atoms with Crippen molar-refractivity contribution in [2.45, 2.75) is 38.0 Å². The van der Waals surface area contributed by atoms with Gasteiger partial charge in [-0.1, -0.05) is 0 Å². The van der Waals surface area contributed by atoms with Crippen LogP contribution in [-0.4, -0.2) is 75.9 Å². The fraction of sp³-hybridized carbons (Fsp3) is 0.643. The normalized spacial score (nSPS) is 27.7. The number of nitrogens with one attached hydrogen (secondary N) is 1. The van der Waals surface area contributed by atoms with E-state index in [1.807, 2.05) is 0 Å². The van der Waals surface area contributed by atoms with Crippen LogP contribution in [0.2, 0.25) is 0 Å². The van der Waals surface area contributed by atoms with Crippen molar-refractivity contribution >= 4 is 17.5 Å². The Bertz CT molecular complexity index is 543. The summed E-state index contributed by atoms with van der Waals surface area (Å²) >= 11 is 0. The van der Waals surface area contributed by atoms with Crippen LogP contribution in [0.4, 0.5) is 0 Å². The Kier molecular flexibility index (Phi) is 6.25. The molecule has 1 aliphatic rings. The molecule has 0 aromatic heterocycles. The highest BCUT2D eigenvalue weighted by Gasteiger charge is 2.46. The molecule has 0 spiro atoms. The van der Waals surface area contributed by atoms with Gasteiger partial charge in [0.25, 0.3) is 0 Å². The molecule has 3 atom stereocenters. The highest BCUT2D eigenvalue weighted by atomic mass is 16.5. The Balaban J connectivity index is 3.37. The molecule has 9 heteroatoms. The number of carbonyl (C=O) groups excluding carboxylic acids is 1. The number of carbonyl (C=O) groups is 2. The van der Waals surface area contributed by atoms with Crippen molar-refractivity contribution in [2.75, 3.05) is 20.3 Å². The van der Waals surface area contributed by atoms with E-state index in [0.29, 0.717) is 0 Å². The monoisotopic (exact) mass is 330 g/mol. The Morgan fingerprint density at radius 1 is 1.52 bits per heavy atom. The molecule has 0 fully saturated rings. The molecule has 0 heterocycles. The van der Waals surface area contributed by atoms with E-state index in [0.717, 1.165) is 0 Å². The summed E-state index contributed by atoms with van der Waals surface area (Å²) in [5.74, 6) is -1.36. The number of ketones is 1. The van der Waals surface area contributed by atoms with Gasteiger partial charge in [-0.25, -0.2) is 4.79 Å². The summed E-state index contributed by atoms with van der Waals surface area (Å²) in [6.45, 7) is 1.82. The number of methoxy groups -OCH3 is 1. The molecule has 1 aliphatic carbocycles. The number of aliphatic carboxylic acids is 1. The van der Waals surface area contributed by atoms with Crippen LogP contribution in [0.15, 0.2) is 16.4 Å². The van der Waals surface area contributed by atoms with E-state index in [1.54, 1.807) is 0 Å². The molecule has 130 valence electrons. The Labute approximate surface area is 133 Å². The minimum absolute atomic E-state index is 0.0463. The summed E-state index contributed by atoms with van der Waals surface area (Å²) < 4.78 is 5.17. The van der Waals surface area contributed by atoms with Gasteiger partial charge < -0.3 is 30.5 Å². The van der Waals surface area contributed by atoms with E-state index >= 15 is 0 Å². The second kappa shape index (κ2) is 7.53. The predicted molar refractivity (Wildman–Crippen MR) is 79.9 cm³/mol. The average molecular weight is 330 g/mol. The fourth-order valence-corrected chi connectivity index (χ4v) is 2.15. The lowest BCUT2D eigenvalue weighted by atomic mass is 9.82. The molecule has 0 bridgehead atoms. The standard InChI is InChI=1S/C14H22N2O7/c1-7(18)5-15-9-4-14(22,6-17)12(19)10(11(9)23-3)16-8(2)13(20)21/h8,12,15,17,19,22H,4-6H2,1-3H3,(H,20,21)/t8-,12-,14+/m0/s1. The van der Waals surface area contributed by atoms with Gasteiger partial charge in [0.05, 0.1) is 26.0 Å². The van der Waals surface area contributed by atoms with Crippen LogP contribution < -0.4 is 5.32 Å².